The first-order chi connectivity index (χ1) is 8.37. The number of amides is 2. The Labute approximate surface area is 108 Å². The quantitative estimate of drug-likeness (QED) is 0.673. The molecule has 2 saturated heterocycles. The summed E-state index contributed by atoms with van der Waals surface area (Å²) in [4.78, 5) is 23.1. The lowest BCUT2D eigenvalue weighted by Crippen LogP contribution is -2.53. The van der Waals surface area contributed by atoms with Crippen LogP contribution in [0.2, 0.25) is 0 Å². The van der Waals surface area contributed by atoms with Crippen molar-refractivity contribution in [1.29, 1.82) is 0 Å². The maximum absolute atomic E-state index is 11.9. The lowest BCUT2D eigenvalue weighted by molar-refractivity contribution is -0.131. The summed E-state index contributed by atoms with van der Waals surface area (Å²) in [5, 5.41) is 6.27. The molecule has 2 rings (SSSR count). The zero-order valence-electron chi connectivity index (χ0n) is 11.2. The number of primary amides is 1. The van der Waals surface area contributed by atoms with Gasteiger partial charge >= 0.3 is 0 Å². The van der Waals surface area contributed by atoms with Gasteiger partial charge in [0.1, 0.15) is 5.54 Å². The Bertz CT molecular complexity index is 342. The SMILES string of the molecule is CC(C)(NC(=O)CC1CC2CCC(C1)N2)C(N)=O. The maximum atomic E-state index is 11.9. The van der Waals surface area contributed by atoms with E-state index in [9.17, 15) is 9.59 Å². The van der Waals surface area contributed by atoms with Crippen molar-refractivity contribution >= 4 is 11.8 Å². The Morgan fingerprint density at radius 3 is 2.33 bits per heavy atom. The van der Waals surface area contributed by atoms with Gasteiger partial charge in [-0.3, -0.25) is 9.59 Å². The third-order valence-corrected chi connectivity index (χ3v) is 4.11. The molecule has 0 aromatic heterocycles. The highest BCUT2D eigenvalue weighted by molar-refractivity contribution is 5.89. The molecular weight excluding hydrogens is 230 g/mol. The van der Waals surface area contributed by atoms with Crippen LogP contribution in [-0.4, -0.2) is 29.4 Å². The third kappa shape index (κ3) is 3.02. The van der Waals surface area contributed by atoms with Crippen LogP contribution in [0.15, 0.2) is 0 Å². The monoisotopic (exact) mass is 253 g/mol. The van der Waals surface area contributed by atoms with Crippen LogP contribution in [0.4, 0.5) is 0 Å². The first-order valence-electron chi connectivity index (χ1n) is 6.74. The number of hydrogen-bond donors (Lipinski definition) is 3. The average Bonchev–Trinajstić information content (AvgIpc) is 2.56. The number of piperidine rings is 1. The molecule has 0 aromatic carbocycles. The Hall–Kier alpha value is -1.10. The van der Waals surface area contributed by atoms with Gasteiger partial charge in [0.15, 0.2) is 0 Å². The van der Waals surface area contributed by atoms with Crippen LogP contribution in [0.5, 0.6) is 0 Å². The second-order valence-corrected chi connectivity index (χ2v) is 6.22. The molecule has 2 amide bonds. The van der Waals surface area contributed by atoms with Crippen molar-refractivity contribution in [3.8, 4) is 0 Å². The van der Waals surface area contributed by atoms with Gasteiger partial charge in [-0.25, -0.2) is 0 Å². The number of carbonyl (C=O) groups excluding carboxylic acids is 2. The summed E-state index contributed by atoms with van der Waals surface area (Å²) in [5.74, 6) is -0.126. The van der Waals surface area contributed by atoms with E-state index in [0.717, 1.165) is 12.8 Å². The molecule has 5 nitrogen and oxygen atoms in total. The molecule has 4 N–H and O–H groups in total. The van der Waals surface area contributed by atoms with E-state index in [1.807, 2.05) is 0 Å². The molecule has 18 heavy (non-hydrogen) atoms. The van der Waals surface area contributed by atoms with Gasteiger partial charge in [-0.1, -0.05) is 0 Å². The summed E-state index contributed by atoms with van der Waals surface area (Å²) >= 11 is 0. The number of nitrogens with two attached hydrogens (primary N) is 1. The zero-order valence-corrected chi connectivity index (χ0v) is 11.2. The van der Waals surface area contributed by atoms with Crippen molar-refractivity contribution < 1.29 is 9.59 Å². The minimum Gasteiger partial charge on any atom is -0.368 e. The van der Waals surface area contributed by atoms with E-state index in [1.54, 1.807) is 13.8 Å². The Morgan fingerprint density at radius 2 is 1.83 bits per heavy atom. The smallest absolute Gasteiger partial charge is 0.242 e. The van der Waals surface area contributed by atoms with Gasteiger partial charge in [0.05, 0.1) is 0 Å². The molecule has 0 radical (unpaired) electrons. The predicted octanol–water partition coefficient (Wildman–Crippen LogP) is 0.287. The summed E-state index contributed by atoms with van der Waals surface area (Å²) in [6, 6.07) is 1.18. The topological polar surface area (TPSA) is 84.2 Å². The Balaban J connectivity index is 1.83. The normalized spacial score (nSPS) is 31.1. The lowest BCUT2D eigenvalue weighted by Gasteiger charge is -2.30. The molecule has 0 saturated carbocycles. The molecule has 5 heteroatoms. The first kappa shape index (κ1) is 13.3. The Morgan fingerprint density at radius 1 is 1.28 bits per heavy atom. The third-order valence-electron chi connectivity index (χ3n) is 4.11. The van der Waals surface area contributed by atoms with Crippen molar-refractivity contribution in [2.45, 2.75) is 63.6 Å². The van der Waals surface area contributed by atoms with Crippen LogP contribution < -0.4 is 16.4 Å². The summed E-state index contributed by atoms with van der Waals surface area (Å²) in [6.45, 7) is 3.28. The van der Waals surface area contributed by atoms with E-state index in [1.165, 1.54) is 12.8 Å². The van der Waals surface area contributed by atoms with Gasteiger partial charge in [-0.2, -0.15) is 0 Å². The van der Waals surface area contributed by atoms with Gasteiger partial charge < -0.3 is 16.4 Å². The van der Waals surface area contributed by atoms with E-state index < -0.39 is 11.4 Å². The van der Waals surface area contributed by atoms with Gasteiger partial charge in [0.25, 0.3) is 0 Å². The van der Waals surface area contributed by atoms with Crippen LogP contribution in [0, 0.1) is 5.92 Å². The molecule has 0 aliphatic carbocycles. The van der Waals surface area contributed by atoms with Crippen LogP contribution >= 0.6 is 0 Å². The summed E-state index contributed by atoms with van der Waals surface area (Å²) in [6.07, 6.45) is 5.11. The minimum absolute atomic E-state index is 0.0647. The highest BCUT2D eigenvalue weighted by Crippen LogP contribution is 2.32. The number of nitrogens with one attached hydrogen (secondary N) is 2. The van der Waals surface area contributed by atoms with Crippen LogP contribution in [-0.2, 0) is 9.59 Å². The molecule has 2 aliphatic heterocycles. The highest BCUT2D eigenvalue weighted by Gasteiger charge is 2.35. The van der Waals surface area contributed by atoms with Crippen LogP contribution in [0.25, 0.3) is 0 Å². The molecule has 102 valence electrons. The fraction of sp³-hybridized carbons (Fsp3) is 0.846. The molecule has 2 bridgehead atoms. The number of carbonyl (C=O) groups is 2. The minimum atomic E-state index is -0.955. The van der Waals surface area contributed by atoms with E-state index in [4.69, 9.17) is 5.73 Å². The number of rotatable bonds is 4. The maximum Gasteiger partial charge on any atom is 0.242 e. The molecule has 2 heterocycles. The van der Waals surface area contributed by atoms with Crippen molar-refractivity contribution in [1.82, 2.24) is 10.6 Å². The van der Waals surface area contributed by atoms with E-state index >= 15 is 0 Å². The van der Waals surface area contributed by atoms with Crippen LogP contribution in [0.3, 0.4) is 0 Å². The van der Waals surface area contributed by atoms with E-state index in [2.05, 4.69) is 10.6 Å². The number of fused-ring (bicyclic) bond motifs is 2. The summed E-state index contributed by atoms with van der Waals surface area (Å²) in [5.41, 5.74) is 4.29. The second kappa shape index (κ2) is 4.88. The van der Waals surface area contributed by atoms with Crippen molar-refractivity contribution in [2.24, 2.45) is 11.7 Å². The molecule has 2 fully saturated rings. The lowest BCUT2D eigenvalue weighted by atomic mass is 9.89. The standard InChI is InChI=1S/C13H23N3O2/c1-13(2,12(14)18)16-11(17)7-8-5-9-3-4-10(6-8)15-9/h8-10,15H,3-7H2,1-2H3,(H2,14,18)(H,16,17). The Kier molecular flexibility index (Phi) is 3.61. The number of hydrogen-bond acceptors (Lipinski definition) is 3. The summed E-state index contributed by atoms with van der Waals surface area (Å²) < 4.78 is 0. The zero-order chi connectivity index (χ0) is 13.3. The summed E-state index contributed by atoms with van der Waals surface area (Å²) in [7, 11) is 0. The molecule has 0 aromatic rings. The van der Waals surface area contributed by atoms with Crippen molar-refractivity contribution in [3.63, 3.8) is 0 Å². The van der Waals surface area contributed by atoms with Gasteiger partial charge in [-0.05, 0) is 45.4 Å². The van der Waals surface area contributed by atoms with Crippen molar-refractivity contribution in [2.75, 3.05) is 0 Å². The van der Waals surface area contributed by atoms with Crippen molar-refractivity contribution in [3.05, 3.63) is 0 Å². The molecule has 2 unspecified atom stereocenters. The fourth-order valence-electron chi connectivity index (χ4n) is 3.07. The molecule has 0 spiro atoms. The molecule has 2 aliphatic rings. The molecule has 2 atom stereocenters. The van der Waals surface area contributed by atoms with Gasteiger partial charge in [-0.15, -0.1) is 0 Å². The second-order valence-electron chi connectivity index (χ2n) is 6.22. The average molecular weight is 253 g/mol. The van der Waals surface area contributed by atoms with Crippen LogP contribution in [0.1, 0.15) is 46.0 Å². The van der Waals surface area contributed by atoms with E-state index in [0.29, 0.717) is 24.4 Å². The van der Waals surface area contributed by atoms with E-state index in [-0.39, 0.29) is 5.91 Å². The molecular formula is C13H23N3O2. The van der Waals surface area contributed by atoms with Gasteiger partial charge in [0.2, 0.25) is 11.8 Å². The predicted molar refractivity (Wildman–Crippen MR) is 68.7 cm³/mol. The highest BCUT2D eigenvalue weighted by atomic mass is 16.2. The van der Waals surface area contributed by atoms with Gasteiger partial charge in [0, 0.05) is 18.5 Å². The first-order valence-corrected chi connectivity index (χ1v) is 6.74. The fourth-order valence-corrected chi connectivity index (χ4v) is 3.07. The largest absolute Gasteiger partial charge is 0.368 e.